The fourth-order valence-electron chi connectivity index (χ4n) is 3.11. The molecule has 116 valence electrons. The molecule has 2 fully saturated rings. The molecule has 0 radical (unpaired) electrons. The van der Waals surface area contributed by atoms with Gasteiger partial charge in [-0.1, -0.05) is 30.3 Å². The van der Waals surface area contributed by atoms with Crippen molar-refractivity contribution in [3.63, 3.8) is 0 Å². The molecule has 2 saturated heterocycles. The number of rotatable bonds is 3. The first kappa shape index (κ1) is 15.0. The van der Waals surface area contributed by atoms with E-state index in [2.05, 4.69) is 16.8 Å². The van der Waals surface area contributed by atoms with Crippen LogP contribution in [0, 0.1) is 0 Å². The standard InChI is InChI=1S/C15H23N3O2S/c1-16-7-9-17(10-8-16)15-12-18(21(19,20)13-15)11-14-5-3-2-4-6-14/h2-6,15H,7-13H2,1H3. The zero-order valence-corrected chi connectivity index (χ0v) is 13.3. The first-order valence-electron chi connectivity index (χ1n) is 7.49. The fourth-order valence-corrected chi connectivity index (χ4v) is 4.87. The molecule has 2 aliphatic heterocycles. The highest BCUT2D eigenvalue weighted by molar-refractivity contribution is 7.89. The lowest BCUT2D eigenvalue weighted by molar-refractivity contribution is 0.117. The van der Waals surface area contributed by atoms with Gasteiger partial charge in [0.05, 0.1) is 5.75 Å². The molecular weight excluding hydrogens is 286 g/mol. The maximum absolute atomic E-state index is 12.4. The Balaban J connectivity index is 1.66. The van der Waals surface area contributed by atoms with Gasteiger partial charge in [0.15, 0.2) is 0 Å². The Morgan fingerprint density at radius 2 is 1.76 bits per heavy atom. The van der Waals surface area contributed by atoms with Crippen LogP contribution in [0.3, 0.4) is 0 Å². The normalized spacial score (nSPS) is 28.0. The van der Waals surface area contributed by atoms with Gasteiger partial charge in [-0.3, -0.25) is 4.90 Å². The predicted octanol–water partition coefficient (Wildman–Crippen LogP) is 0.448. The SMILES string of the molecule is CN1CCN(C2CN(Cc3ccccc3)S(=O)(=O)C2)CC1. The Morgan fingerprint density at radius 1 is 1.10 bits per heavy atom. The van der Waals surface area contributed by atoms with E-state index in [0.717, 1.165) is 31.7 Å². The average molecular weight is 309 g/mol. The van der Waals surface area contributed by atoms with E-state index in [-0.39, 0.29) is 11.8 Å². The molecule has 1 aromatic rings. The van der Waals surface area contributed by atoms with Crippen molar-refractivity contribution < 1.29 is 8.42 Å². The van der Waals surface area contributed by atoms with Gasteiger partial charge in [0.2, 0.25) is 10.0 Å². The zero-order valence-electron chi connectivity index (χ0n) is 12.5. The summed E-state index contributed by atoms with van der Waals surface area (Å²) in [5.41, 5.74) is 1.06. The molecule has 0 bridgehead atoms. The van der Waals surface area contributed by atoms with Gasteiger partial charge in [-0.2, -0.15) is 4.31 Å². The van der Waals surface area contributed by atoms with Crippen molar-refractivity contribution in [2.24, 2.45) is 0 Å². The summed E-state index contributed by atoms with van der Waals surface area (Å²) in [5, 5.41) is 0. The van der Waals surface area contributed by atoms with Crippen LogP contribution in [0.5, 0.6) is 0 Å². The Kier molecular flexibility index (Phi) is 4.31. The van der Waals surface area contributed by atoms with E-state index in [1.54, 1.807) is 4.31 Å². The van der Waals surface area contributed by atoms with Crippen molar-refractivity contribution >= 4 is 10.0 Å². The minimum Gasteiger partial charge on any atom is -0.304 e. The molecule has 2 heterocycles. The van der Waals surface area contributed by atoms with Gasteiger partial charge in [0.25, 0.3) is 0 Å². The Hall–Kier alpha value is -0.950. The second kappa shape index (κ2) is 6.04. The van der Waals surface area contributed by atoms with Crippen molar-refractivity contribution in [3.8, 4) is 0 Å². The van der Waals surface area contributed by atoms with Gasteiger partial charge < -0.3 is 4.90 Å². The summed E-state index contributed by atoms with van der Waals surface area (Å²) in [6.07, 6.45) is 0. The summed E-state index contributed by atoms with van der Waals surface area (Å²) in [7, 11) is -1.00. The highest BCUT2D eigenvalue weighted by Gasteiger charge is 2.39. The average Bonchev–Trinajstić information content (AvgIpc) is 2.76. The second-order valence-corrected chi connectivity index (χ2v) is 8.06. The molecule has 2 aliphatic rings. The largest absolute Gasteiger partial charge is 0.304 e. The van der Waals surface area contributed by atoms with Gasteiger partial charge in [-0.25, -0.2) is 8.42 Å². The van der Waals surface area contributed by atoms with Crippen LogP contribution in [0.2, 0.25) is 0 Å². The first-order chi connectivity index (χ1) is 10.0. The topological polar surface area (TPSA) is 43.9 Å². The van der Waals surface area contributed by atoms with Crippen molar-refractivity contribution in [1.29, 1.82) is 0 Å². The monoisotopic (exact) mass is 309 g/mol. The van der Waals surface area contributed by atoms with E-state index in [1.807, 2.05) is 30.3 Å². The molecule has 0 amide bonds. The quantitative estimate of drug-likeness (QED) is 0.813. The lowest BCUT2D eigenvalue weighted by Crippen LogP contribution is -2.50. The summed E-state index contributed by atoms with van der Waals surface area (Å²) in [5.74, 6) is 0.267. The Morgan fingerprint density at radius 3 is 2.43 bits per heavy atom. The van der Waals surface area contributed by atoms with Crippen LogP contribution >= 0.6 is 0 Å². The molecule has 0 aromatic heterocycles. The maximum Gasteiger partial charge on any atom is 0.216 e. The molecule has 0 spiro atoms. The maximum atomic E-state index is 12.4. The number of hydrogen-bond donors (Lipinski definition) is 0. The number of sulfonamides is 1. The van der Waals surface area contributed by atoms with Crippen LogP contribution in [0.4, 0.5) is 0 Å². The van der Waals surface area contributed by atoms with Gasteiger partial charge in [-0.05, 0) is 12.6 Å². The number of benzene rings is 1. The summed E-state index contributed by atoms with van der Waals surface area (Å²) in [6.45, 7) is 5.10. The van der Waals surface area contributed by atoms with E-state index < -0.39 is 10.0 Å². The van der Waals surface area contributed by atoms with Crippen LogP contribution < -0.4 is 0 Å². The van der Waals surface area contributed by atoms with Crippen molar-refractivity contribution in [3.05, 3.63) is 35.9 Å². The van der Waals surface area contributed by atoms with Gasteiger partial charge in [0, 0.05) is 45.3 Å². The number of piperazine rings is 1. The van der Waals surface area contributed by atoms with Crippen molar-refractivity contribution in [2.45, 2.75) is 12.6 Å². The molecule has 3 rings (SSSR count). The van der Waals surface area contributed by atoms with Gasteiger partial charge in [0.1, 0.15) is 0 Å². The number of hydrogen-bond acceptors (Lipinski definition) is 4. The molecule has 1 atom stereocenters. The molecule has 5 nitrogen and oxygen atoms in total. The summed E-state index contributed by atoms with van der Waals surface area (Å²) in [4.78, 5) is 4.63. The minimum atomic E-state index is -3.12. The second-order valence-electron chi connectivity index (χ2n) is 6.05. The lowest BCUT2D eigenvalue weighted by Gasteiger charge is -2.35. The number of nitrogens with zero attached hydrogens (tertiary/aromatic N) is 3. The third kappa shape index (κ3) is 3.45. The summed E-state index contributed by atoms with van der Waals surface area (Å²) >= 11 is 0. The highest BCUT2D eigenvalue weighted by Crippen LogP contribution is 2.22. The van der Waals surface area contributed by atoms with E-state index in [0.29, 0.717) is 13.1 Å². The predicted molar refractivity (Wildman–Crippen MR) is 83.5 cm³/mol. The van der Waals surface area contributed by atoms with Crippen LogP contribution in [-0.2, 0) is 16.6 Å². The molecule has 6 heteroatoms. The van der Waals surface area contributed by atoms with Crippen LogP contribution in [-0.4, -0.2) is 74.1 Å². The lowest BCUT2D eigenvalue weighted by atomic mass is 10.2. The molecule has 0 N–H and O–H groups in total. The minimum absolute atomic E-state index is 0.146. The van der Waals surface area contributed by atoms with E-state index in [4.69, 9.17) is 0 Å². The Labute approximate surface area is 127 Å². The summed E-state index contributed by atoms with van der Waals surface area (Å²) < 4.78 is 26.4. The van der Waals surface area contributed by atoms with Crippen LogP contribution in [0.25, 0.3) is 0 Å². The third-order valence-electron chi connectivity index (χ3n) is 4.47. The van der Waals surface area contributed by atoms with Crippen LogP contribution in [0.15, 0.2) is 30.3 Å². The highest BCUT2D eigenvalue weighted by atomic mass is 32.2. The Bertz CT molecular complexity index is 568. The molecule has 1 aromatic carbocycles. The van der Waals surface area contributed by atoms with Gasteiger partial charge >= 0.3 is 0 Å². The zero-order chi connectivity index (χ0) is 14.9. The first-order valence-corrected chi connectivity index (χ1v) is 9.10. The molecule has 0 aliphatic carbocycles. The van der Waals surface area contributed by atoms with Crippen molar-refractivity contribution in [1.82, 2.24) is 14.1 Å². The summed E-state index contributed by atoms with van der Waals surface area (Å²) in [6, 6.07) is 9.98. The smallest absolute Gasteiger partial charge is 0.216 e. The van der Waals surface area contributed by atoms with Gasteiger partial charge in [-0.15, -0.1) is 0 Å². The molecule has 1 unspecified atom stereocenters. The van der Waals surface area contributed by atoms with E-state index in [1.165, 1.54) is 0 Å². The van der Waals surface area contributed by atoms with Crippen LogP contribution in [0.1, 0.15) is 5.56 Å². The molecular formula is C15H23N3O2S. The third-order valence-corrected chi connectivity index (χ3v) is 6.34. The molecule has 21 heavy (non-hydrogen) atoms. The van der Waals surface area contributed by atoms with Crippen molar-refractivity contribution in [2.75, 3.05) is 45.5 Å². The fraction of sp³-hybridized carbons (Fsp3) is 0.600. The number of likely N-dealkylation sites (N-methyl/N-ethyl adjacent to an activating group) is 1. The van der Waals surface area contributed by atoms with E-state index in [9.17, 15) is 8.42 Å². The molecule has 0 saturated carbocycles. The van der Waals surface area contributed by atoms with E-state index >= 15 is 0 Å².